The highest BCUT2D eigenvalue weighted by molar-refractivity contribution is 6.01. The molecule has 0 aromatic rings. The quantitative estimate of drug-likeness (QED) is 0.673. The van der Waals surface area contributed by atoms with Crippen LogP contribution in [0.5, 0.6) is 0 Å². The summed E-state index contributed by atoms with van der Waals surface area (Å²) in [6, 6.07) is 0. The van der Waals surface area contributed by atoms with Gasteiger partial charge >= 0.3 is 0 Å². The van der Waals surface area contributed by atoms with Crippen molar-refractivity contribution in [3.05, 3.63) is 23.8 Å². The van der Waals surface area contributed by atoms with Crippen molar-refractivity contribution >= 4 is 11.6 Å². The number of carbonyl (C=O) groups excluding carboxylic acids is 2. The lowest BCUT2D eigenvalue weighted by Gasteiger charge is -2.58. The van der Waals surface area contributed by atoms with E-state index in [1.54, 1.807) is 13.0 Å². The zero-order chi connectivity index (χ0) is 20.1. The summed E-state index contributed by atoms with van der Waals surface area (Å²) in [4.78, 5) is 25.0. The molecular weight excluding hydrogens is 352 g/mol. The number of Topliss-reactive ketones (excluding diaryl/α,β-unsaturated/α-hetero) is 1. The molecule has 0 radical (unpaired) electrons. The minimum absolute atomic E-state index is 0.0276. The molecule has 7 atom stereocenters. The Bertz CT molecular complexity index is 822. The average Bonchev–Trinajstić information content (AvgIpc) is 3.02. The van der Waals surface area contributed by atoms with Gasteiger partial charge in [-0.2, -0.15) is 0 Å². The number of hydrogen-bond acceptors (Lipinski definition) is 4. The summed E-state index contributed by atoms with van der Waals surface area (Å²) in [6.45, 7) is 10.2. The van der Waals surface area contributed by atoms with E-state index in [0.29, 0.717) is 17.8 Å². The summed E-state index contributed by atoms with van der Waals surface area (Å²) in [6.07, 6.45) is 10.7. The molecule has 4 heteroatoms. The third-order valence-corrected chi connectivity index (χ3v) is 9.07. The van der Waals surface area contributed by atoms with Crippen LogP contribution in [0.2, 0.25) is 0 Å². The number of hydrogen-bond donors (Lipinski definition) is 0. The molecule has 1 saturated heterocycles. The highest BCUT2D eigenvalue weighted by Gasteiger charge is 2.74. The molecule has 4 nitrogen and oxygen atoms in total. The predicted octanol–water partition coefficient (Wildman–Crippen LogP) is 4.38. The molecule has 1 heterocycles. The summed E-state index contributed by atoms with van der Waals surface area (Å²) in [5, 5.41) is 0. The van der Waals surface area contributed by atoms with Gasteiger partial charge in [-0.1, -0.05) is 25.5 Å². The summed E-state index contributed by atoms with van der Waals surface area (Å²) < 4.78 is 12.8. The second-order valence-corrected chi connectivity index (χ2v) is 10.7. The average molecular weight is 385 g/mol. The van der Waals surface area contributed by atoms with Crippen molar-refractivity contribution in [2.75, 3.05) is 0 Å². The fraction of sp³-hybridized carbons (Fsp3) is 0.750. The van der Waals surface area contributed by atoms with Crippen LogP contribution in [0.1, 0.15) is 66.7 Å². The molecule has 5 rings (SSSR count). The Morgan fingerprint density at radius 1 is 1.14 bits per heavy atom. The van der Waals surface area contributed by atoms with Crippen molar-refractivity contribution in [2.45, 2.75) is 84.2 Å². The molecule has 0 spiro atoms. The van der Waals surface area contributed by atoms with Crippen molar-refractivity contribution in [3.63, 3.8) is 0 Å². The Morgan fingerprint density at radius 2 is 1.89 bits per heavy atom. The van der Waals surface area contributed by atoms with Gasteiger partial charge in [-0.25, -0.2) is 0 Å². The van der Waals surface area contributed by atoms with Crippen LogP contribution < -0.4 is 0 Å². The highest BCUT2D eigenvalue weighted by Crippen LogP contribution is 2.70. The van der Waals surface area contributed by atoms with E-state index >= 15 is 0 Å². The second kappa shape index (κ2) is 5.46. The van der Waals surface area contributed by atoms with Gasteiger partial charge in [0.05, 0.1) is 6.10 Å². The van der Waals surface area contributed by atoms with E-state index in [4.69, 9.17) is 9.47 Å². The van der Waals surface area contributed by atoms with E-state index in [9.17, 15) is 9.59 Å². The molecule has 152 valence electrons. The highest BCUT2D eigenvalue weighted by atomic mass is 16.8. The molecule has 1 aliphatic heterocycles. The zero-order valence-corrected chi connectivity index (χ0v) is 17.7. The maximum Gasteiger partial charge on any atom is 0.178 e. The molecule has 0 amide bonds. The molecule has 0 aromatic carbocycles. The van der Waals surface area contributed by atoms with Gasteiger partial charge in [-0.05, 0) is 82.8 Å². The van der Waals surface area contributed by atoms with Gasteiger partial charge in [0.2, 0.25) is 0 Å². The van der Waals surface area contributed by atoms with Crippen molar-refractivity contribution in [3.8, 4) is 0 Å². The minimum atomic E-state index is -0.818. The summed E-state index contributed by atoms with van der Waals surface area (Å²) in [5.74, 6) is 1.02. The number of fused-ring (bicyclic) bond motifs is 7. The largest absolute Gasteiger partial charge is 0.344 e. The third-order valence-electron chi connectivity index (χ3n) is 9.07. The minimum Gasteiger partial charge on any atom is -0.344 e. The van der Waals surface area contributed by atoms with E-state index in [0.717, 1.165) is 32.1 Å². The molecule has 5 aliphatic rings. The zero-order valence-electron chi connectivity index (χ0n) is 17.7. The van der Waals surface area contributed by atoms with Gasteiger partial charge < -0.3 is 9.47 Å². The molecule has 4 fully saturated rings. The van der Waals surface area contributed by atoms with E-state index < -0.39 is 11.4 Å². The van der Waals surface area contributed by atoms with Crippen molar-refractivity contribution < 1.29 is 19.1 Å². The van der Waals surface area contributed by atoms with Crippen LogP contribution in [-0.2, 0) is 19.1 Å². The number of allylic oxidation sites excluding steroid dienone is 4. The predicted molar refractivity (Wildman–Crippen MR) is 105 cm³/mol. The molecule has 0 unspecified atom stereocenters. The maximum absolute atomic E-state index is 13.0. The Morgan fingerprint density at radius 3 is 2.61 bits per heavy atom. The van der Waals surface area contributed by atoms with Gasteiger partial charge in [-0.3, -0.25) is 9.59 Å². The first-order chi connectivity index (χ1) is 13.0. The molecule has 0 N–H and O–H groups in total. The number of rotatable bonds is 1. The van der Waals surface area contributed by atoms with Crippen molar-refractivity contribution in [1.29, 1.82) is 0 Å². The van der Waals surface area contributed by atoms with Crippen molar-refractivity contribution in [2.24, 2.45) is 28.6 Å². The Balaban J connectivity index is 1.55. The van der Waals surface area contributed by atoms with Crippen LogP contribution >= 0.6 is 0 Å². The van der Waals surface area contributed by atoms with Gasteiger partial charge in [-0.15, -0.1) is 0 Å². The normalized spacial score (nSPS) is 51.0. The lowest BCUT2D eigenvalue weighted by atomic mass is 9.47. The SMILES string of the molecule is CC(=O)[C@@]12OC(C)(C)O[C@@H]1C[C@H]1[C@@H]3CCC4=CC(=O)C=C[C@]4(C)[C@H]3CC[C@@]12C. The van der Waals surface area contributed by atoms with Crippen LogP contribution in [0, 0.1) is 28.6 Å². The summed E-state index contributed by atoms with van der Waals surface area (Å²) in [5.41, 5.74) is 0.268. The van der Waals surface area contributed by atoms with Crippen molar-refractivity contribution in [1.82, 2.24) is 0 Å². The standard InChI is InChI=1S/C24H32O4/c1-14(25)24-20(27-21(2,3)28-24)13-19-17-7-6-15-12-16(26)8-10-22(15,4)18(17)9-11-23(19,24)5/h8,10,12,17-20H,6-7,9,11,13H2,1-5H3/t17-,18+,19+,20-,22+,23+,24-/m1/s1. The molecular formula is C24H32O4. The van der Waals surface area contributed by atoms with Gasteiger partial charge in [0, 0.05) is 10.8 Å². The van der Waals surface area contributed by atoms with Crippen LogP contribution in [0.4, 0.5) is 0 Å². The Hall–Kier alpha value is -1.26. The molecule has 28 heavy (non-hydrogen) atoms. The number of ether oxygens (including phenoxy) is 2. The molecule has 0 bridgehead atoms. The Kier molecular flexibility index (Phi) is 3.65. The first-order valence-electron chi connectivity index (χ1n) is 10.9. The van der Waals surface area contributed by atoms with E-state index in [1.165, 1.54) is 5.57 Å². The van der Waals surface area contributed by atoms with E-state index in [2.05, 4.69) is 19.9 Å². The lowest BCUT2D eigenvalue weighted by Crippen LogP contribution is -2.59. The lowest BCUT2D eigenvalue weighted by molar-refractivity contribution is -0.213. The number of carbonyl (C=O) groups is 2. The monoisotopic (exact) mass is 384 g/mol. The summed E-state index contributed by atoms with van der Waals surface area (Å²) >= 11 is 0. The Labute approximate surface area is 167 Å². The number of ketones is 2. The topological polar surface area (TPSA) is 52.6 Å². The van der Waals surface area contributed by atoms with Gasteiger partial charge in [0.15, 0.2) is 23.0 Å². The maximum atomic E-state index is 13.0. The molecule has 3 saturated carbocycles. The van der Waals surface area contributed by atoms with E-state index in [-0.39, 0.29) is 28.5 Å². The van der Waals surface area contributed by atoms with Crippen LogP contribution in [0.3, 0.4) is 0 Å². The van der Waals surface area contributed by atoms with Gasteiger partial charge in [0.1, 0.15) is 0 Å². The fourth-order valence-electron chi connectivity index (χ4n) is 7.95. The molecule has 0 aromatic heterocycles. The smallest absolute Gasteiger partial charge is 0.178 e. The summed E-state index contributed by atoms with van der Waals surface area (Å²) in [7, 11) is 0. The van der Waals surface area contributed by atoms with Gasteiger partial charge in [0.25, 0.3) is 0 Å². The molecule has 4 aliphatic carbocycles. The van der Waals surface area contributed by atoms with Crippen LogP contribution in [0.25, 0.3) is 0 Å². The van der Waals surface area contributed by atoms with E-state index in [1.807, 2.05) is 19.9 Å². The second-order valence-electron chi connectivity index (χ2n) is 10.7. The van der Waals surface area contributed by atoms with Crippen LogP contribution in [0.15, 0.2) is 23.8 Å². The third kappa shape index (κ3) is 2.09. The fourth-order valence-corrected chi connectivity index (χ4v) is 7.95. The first kappa shape index (κ1) is 18.7. The van der Waals surface area contributed by atoms with Crippen LogP contribution in [-0.4, -0.2) is 29.1 Å². The first-order valence-corrected chi connectivity index (χ1v) is 10.9.